The number of aromatic carboxylic acids is 1. The molecule has 0 radical (unpaired) electrons. The molecule has 2 aromatic carbocycles. The molecule has 0 amide bonds. The summed E-state index contributed by atoms with van der Waals surface area (Å²) in [6.07, 6.45) is 0. The Morgan fingerprint density at radius 2 is 2.10 bits per heavy atom. The monoisotopic (exact) mass is 318 g/mol. The fourth-order valence-electron chi connectivity index (χ4n) is 2.06. The largest absolute Gasteiger partial charge is 0.478 e. The summed E-state index contributed by atoms with van der Waals surface area (Å²) in [7, 11) is 0. The zero-order valence-electron chi connectivity index (χ0n) is 11.1. The Hall–Kier alpha value is -2.11. The predicted molar refractivity (Wildman–Crippen MR) is 86.1 cm³/mol. The summed E-state index contributed by atoms with van der Waals surface area (Å²) in [5.74, 6) is -0.923. The van der Waals surface area contributed by atoms with Crippen LogP contribution >= 0.6 is 22.9 Å². The van der Waals surface area contributed by atoms with Gasteiger partial charge < -0.3 is 10.4 Å². The first-order valence-corrected chi connectivity index (χ1v) is 7.39. The Morgan fingerprint density at radius 1 is 1.29 bits per heavy atom. The van der Waals surface area contributed by atoms with Crippen LogP contribution in [0.25, 0.3) is 10.2 Å². The summed E-state index contributed by atoms with van der Waals surface area (Å²) in [5.41, 5.74) is 2.70. The highest BCUT2D eigenvalue weighted by Crippen LogP contribution is 2.30. The number of hydrogen-bond acceptors (Lipinski definition) is 4. The van der Waals surface area contributed by atoms with Crippen LogP contribution in [0.2, 0.25) is 5.02 Å². The van der Waals surface area contributed by atoms with Crippen LogP contribution in [0.1, 0.15) is 15.9 Å². The van der Waals surface area contributed by atoms with Crippen LogP contribution in [0.4, 0.5) is 10.8 Å². The molecule has 0 bridgehead atoms. The van der Waals surface area contributed by atoms with Gasteiger partial charge in [-0.05, 0) is 48.9 Å². The first kappa shape index (κ1) is 13.9. The Balaban J connectivity index is 1.91. The molecular formula is C15H11ClN2O2S. The summed E-state index contributed by atoms with van der Waals surface area (Å²) in [6.45, 7) is 1.77. The van der Waals surface area contributed by atoms with E-state index in [1.165, 1.54) is 11.3 Å². The van der Waals surface area contributed by atoms with Crippen molar-refractivity contribution in [3.05, 3.63) is 52.5 Å². The van der Waals surface area contributed by atoms with Crippen molar-refractivity contribution in [3.8, 4) is 0 Å². The van der Waals surface area contributed by atoms with Gasteiger partial charge >= 0.3 is 5.97 Å². The molecule has 3 aromatic rings. The van der Waals surface area contributed by atoms with Gasteiger partial charge in [0.1, 0.15) is 0 Å². The molecule has 106 valence electrons. The maximum absolute atomic E-state index is 11.0. The number of carbonyl (C=O) groups is 1. The zero-order valence-corrected chi connectivity index (χ0v) is 12.6. The molecule has 0 aliphatic heterocycles. The normalized spacial score (nSPS) is 10.8. The molecule has 1 aromatic heterocycles. The van der Waals surface area contributed by atoms with Crippen molar-refractivity contribution in [1.29, 1.82) is 0 Å². The quantitative estimate of drug-likeness (QED) is 0.734. The fraction of sp³-hybridized carbons (Fsp3) is 0.0667. The van der Waals surface area contributed by atoms with E-state index in [-0.39, 0.29) is 0 Å². The number of carboxylic acid groups (broad SMARTS) is 1. The minimum absolute atomic E-state index is 0.302. The van der Waals surface area contributed by atoms with Crippen molar-refractivity contribution in [2.45, 2.75) is 6.92 Å². The van der Waals surface area contributed by atoms with Gasteiger partial charge in [0.25, 0.3) is 0 Å². The van der Waals surface area contributed by atoms with E-state index >= 15 is 0 Å². The van der Waals surface area contributed by atoms with Gasteiger partial charge in [-0.3, -0.25) is 0 Å². The Morgan fingerprint density at radius 3 is 2.81 bits per heavy atom. The molecule has 0 atom stereocenters. The summed E-state index contributed by atoms with van der Waals surface area (Å²) >= 11 is 7.46. The van der Waals surface area contributed by atoms with Gasteiger partial charge in [-0.1, -0.05) is 22.9 Å². The van der Waals surface area contributed by atoms with Gasteiger partial charge in [0.2, 0.25) is 0 Å². The second-order valence-corrected chi connectivity index (χ2v) is 6.06. The topological polar surface area (TPSA) is 62.2 Å². The van der Waals surface area contributed by atoms with Crippen LogP contribution in [-0.2, 0) is 0 Å². The lowest BCUT2D eigenvalue weighted by Gasteiger charge is -2.05. The van der Waals surface area contributed by atoms with Gasteiger partial charge in [0.05, 0.1) is 15.8 Å². The number of halogens is 1. The Labute approximate surface area is 130 Å². The lowest BCUT2D eigenvalue weighted by molar-refractivity contribution is 0.0696. The van der Waals surface area contributed by atoms with E-state index in [4.69, 9.17) is 16.7 Å². The number of aryl methyl sites for hydroxylation is 1. The minimum atomic E-state index is -0.923. The average Bonchev–Trinajstić information content (AvgIpc) is 2.79. The molecule has 0 saturated heterocycles. The van der Waals surface area contributed by atoms with Crippen molar-refractivity contribution in [1.82, 2.24) is 4.98 Å². The van der Waals surface area contributed by atoms with E-state index in [1.54, 1.807) is 31.2 Å². The van der Waals surface area contributed by atoms with Crippen LogP contribution in [0.3, 0.4) is 0 Å². The molecule has 21 heavy (non-hydrogen) atoms. The average molecular weight is 319 g/mol. The van der Waals surface area contributed by atoms with Gasteiger partial charge in [-0.2, -0.15) is 0 Å². The van der Waals surface area contributed by atoms with Gasteiger partial charge in [-0.25, -0.2) is 9.78 Å². The van der Waals surface area contributed by atoms with E-state index in [1.807, 2.05) is 12.1 Å². The zero-order chi connectivity index (χ0) is 15.0. The number of carboxylic acids is 1. The maximum Gasteiger partial charge on any atom is 0.335 e. The number of rotatable bonds is 3. The molecule has 1 heterocycles. The van der Waals surface area contributed by atoms with Gasteiger partial charge in [-0.15, -0.1) is 0 Å². The smallest absolute Gasteiger partial charge is 0.335 e. The first-order valence-electron chi connectivity index (χ1n) is 6.20. The SMILES string of the molecule is Cc1cc(Nc2nc3ccc(Cl)cc3s2)ccc1C(=O)O. The number of nitrogens with zero attached hydrogens (tertiary/aromatic N) is 1. The van der Waals surface area contributed by atoms with E-state index < -0.39 is 5.97 Å². The van der Waals surface area contributed by atoms with Crippen molar-refractivity contribution in [2.24, 2.45) is 0 Å². The second kappa shape index (κ2) is 5.35. The van der Waals surface area contributed by atoms with Crippen LogP contribution in [0.5, 0.6) is 0 Å². The number of aromatic nitrogens is 1. The first-order chi connectivity index (χ1) is 10.0. The van der Waals surface area contributed by atoms with Crippen molar-refractivity contribution in [2.75, 3.05) is 5.32 Å². The molecule has 3 rings (SSSR count). The Kier molecular flexibility index (Phi) is 3.53. The summed E-state index contributed by atoms with van der Waals surface area (Å²) in [6, 6.07) is 10.7. The fourth-order valence-corrected chi connectivity index (χ4v) is 3.22. The number of hydrogen-bond donors (Lipinski definition) is 2. The molecule has 2 N–H and O–H groups in total. The lowest BCUT2D eigenvalue weighted by atomic mass is 10.1. The predicted octanol–water partition coefficient (Wildman–Crippen LogP) is 4.70. The maximum atomic E-state index is 11.0. The summed E-state index contributed by atoms with van der Waals surface area (Å²) in [4.78, 5) is 15.5. The van der Waals surface area contributed by atoms with E-state index in [2.05, 4.69) is 10.3 Å². The molecule has 0 saturated carbocycles. The number of fused-ring (bicyclic) bond motifs is 1. The standard InChI is InChI=1S/C15H11ClN2O2S/c1-8-6-10(3-4-11(8)14(19)20)17-15-18-12-5-2-9(16)7-13(12)21-15/h2-7H,1H3,(H,17,18)(H,19,20). The number of nitrogens with one attached hydrogen (secondary N) is 1. The molecule has 0 unspecified atom stereocenters. The van der Waals surface area contributed by atoms with Crippen LogP contribution in [-0.4, -0.2) is 16.1 Å². The molecule has 4 nitrogen and oxygen atoms in total. The van der Waals surface area contributed by atoms with Crippen molar-refractivity contribution >= 4 is 49.9 Å². The lowest BCUT2D eigenvalue weighted by Crippen LogP contribution is -2.00. The minimum Gasteiger partial charge on any atom is -0.478 e. The molecule has 0 spiro atoms. The highest BCUT2D eigenvalue weighted by molar-refractivity contribution is 7.22. The van der Waals surface area contributed by atoms with Crippen LogP contribution in [0.15, 0.2) is 36.4 Å². The van der Waals surface area contributed by atoms with E-state index in [0.717, 1.165) is 21.0 Å². The molecule has 0 aliphatic carbocycles. The molecular weight excluding hydrogens is 308 g/mol. The molecule has 0 aliphatic rings. The third-order valence-corrected chi connectivity index (χ3v) is 4.23. The van der Waals surface area contributed by atoms with E-state index in [9.17, 15) is 4.79 Å². The third kappa shape index (κ3) is 2.84. The number of anilines is 2. The number of benzene rings is 2. The third-order valence-electron chi connectivity index (χ3n) is 3.06. The van der Waals surface area contributed by atoms with E-state index in [0.29, 0.717) is 16.1 Å². The Bertz CT molecular complexity index is 845. The van der Waals surface area contributed by atoms with Gasteiger partial charge in [0.15, 0.2) is 5.13 Å². The second-order valence-electron chi connectivity index (χ2n) is 4.59. The highest BCUT2D eigenvalue weighted by Gasteiger charge is 2.09. The molecule has 0 fully saturated rings. The van der Waals surface area contributed by atoms with Gasteiger partial charge in [0, 0.05) is 10.7 Å². The summed E-state index contributed by atoms with van der Waals surface area (Å²) in [5, 5.41) is 13.6. The van der Waals surface area contributed by atoms with Crippen molar-refractivity contribution < 1.29 is 9.90 Å². The van der Waals surface area contributed by atoms with Crippen molar-refractivity contribution in [3.63, 3.8) is 0 Å². The summed E-state index contributed by atoms with van der Waals surface area (Å²) < 4.78 is 1.00. The molecule has 6 heteroatoms. The highest BCUT2D eigenvalue weighted by atomic mass is 35.5. The number of thiazole rings is 1. The van der Waals surface area contributed by atoms with Crippen LogP contribution < -0.4 is 5.32 Å². The van der Waals surface area contributed by atoms with Crippen LogP contribution in [0, 0.1) is 6.92 Å².